The van der Waals surface area contributed by atoms with Crippen LogP contribution in [0.25, 0.3) is 0 Å². The monoisotopic (exact) mass is 340 g/mol. The van der Waals surface area contributed by atoms with Crippen molar-refractivity contribution in [3.8, 4) is 11.8 Å². The molecule has 2 rings (SSSR count). The van der Waals surface area contributed by atoms with Crippen LogP contribution in [-0.2, 0) is 5.75 Å². The summed E-state index contributed by atoms with van der Waals surface area (Å²) in [5, 5.41) is 9.90. The van der Waals surface area contributed by atoms with Crippen LogP contribution in [0, 0.1) is 17.7 Å². The third kappa shape index (κ3) is 4.94. The van der Waals surface area contributed by atoms with Gasteiger partial charge >= 0.3 is 0 Å². The molecule has 1 N–H and O–H groups in total. The molecular formula is C16H11Cl2FOS. The Morgan fingerprint density at radius 2 is 1.95 bits per heavy atom. The zero-order chi connectivity index (χ0) is 15.2. The summed E-state index contributed by atoms with van der Waals surface area (Å²) in [5.74, 6) is 5.39. The number of aliphatic hydroxyl groups is 1. The van der Waals surface area contributed by atoms with Gasteiger partial charge in [-0.2, -0.15) is 0 Å². The van der Waals surface area contributed by atoms with E-state index in [-0.39, 0.29) is 12.4 Å². The summed E-state index contributed by atoms with van der Waals surface area (Å²) in [5.41, 5.74) is 1.33. The van der Waals surface area contributed by atoms with E-state index in [1.165, 1.54) is 23.9 Å². The first kappa shape index (κ1) is 16.2. The molecule has 0 unspecified atom stereocenters. The number of hydrogen-bond acceptors (Lipinski definition) is 2. The molecule has 0 aliphatic rings. The van der Waals surface area contributed by atoms with Gasteiger partial charge in [-0.25, -0.2) is 4.39 Å². The molecule has 0 fully saturated rings. The van der Waals surface area contributed by atoms with Crippen LogP contribution in [0.2, 0.25) is 10.0 Å². The average Bonchev–Trinajstić information content (AvgIpc) is 2.45. The molecular weight excluding hydrogens is 330 g/mol. The second-order valence-electron chi connectivity index (χ2n) is 4.17. The topological polar surface area (TPSA) is 20.2 Å². The minimum absolute atomic E-state index is 0.251. The minimum atomic E-state index is -0.354. The predicted molar refractivity (Wildman–Crippen MR) is 86.4 cm³/mol. The number of halogens is 3. The molecule has 21 heavy (non-hydrogen) atoms. The third-order valence-electron chi connectivity index (χ3n) is 2.56. The first-order valence-electron chi connectivity index (χ1n) is 6.05. The SMILES string of the molecule is OCC#Cc1cc(F)cc(CSc2cc(Cl)ccc2Cl)c1. The molecule has 5 heteroatoms. The fourth-order valence-electron chi connectivity index (χ4n) is 1.70. The van der Waals surface area contributed by atoms with Gasteiger partial charge in [0, 0.05) is 21.2 Å². The van der Waals surface area contributed by atoms with Gasteiger partial charge in [-0.1, -0.05) is 35.0 Å². The van der Waals surface area contributed by atoms with Crippen molar-refractivity contribution in [2.75, 3.05) is 6.61 Å². The van der Waals surface area contributed by atoms with Crippen molar-refractivity contribution in [3.63, 3.8) is 0 Å². The van der Waals surface area contributed by atoms with Gasteiger partial charge in [0.05, 0.1) is 5.02 Å². The molecule has 0 bridgehead atoms. The first-order chi connectivity index (χ1) is 10.1. The summed E-state index contributed by atoms with van der Waals surface area (Å²) in [7, 11) is 0. The second kappa shape index (κ2) is 7.72. The highest BCUT2D eigenvalue weighted by atomic mass is 35.5. The maximum Gasteiger partial charge on any atom is 0.124 e. The van der Waals surface area contributed by atoms with Crippen LogP contribution in [0.4, 0.5) is 4.39 Å². The van der Waals surface area contributed by atoms with Crippen LogP contribution in [0.1, 0.15) is 11.1 Å². The quantitative estimate of drug-likeness (QED) is 0.641. The smallest absolute Gasteiger partial charge is 0.124 e. The lowest BCUT2D eigenvalue weighted by Gasteiger charge is -2.06. The zero-order valence-electron chi connectivity index (χ0n) is 10.9. The van der Waals surface area contributed by atoms with E-state index in [0.717, 1.165) is 10.5 Å². The number of rotatable bonds is 3. The summed E-state index contributed by atoms with van der Waals surface area (Å²) < 4.78 is 13.5. The van der Waals surface area contributed by atoms with Gasteiger partial charge in [-0.3, -0.25) is 0 Å². The van der Waals surface area contributed by atoms with Gasteiger partial charge < -0.3 is 5.11 Å². The van der Waals surface area contributed by atoms with Crippen LogP contribution >= 0.6 is 35.0 Å². The van der Waals surface area contributed by atoms with E-state index < -0.39 is 0 Å². The molecule has 108 valence electrons. The average molecular weight is 341 g/mol. The Labute approximate surface area is 137 Å². The van der Waals surface area contributed by atoms with Gasteiger partial charge in [0.2, 0.25) is 0 Å². The molecule has 0 aliphatic heterocycles. The second-order valence-corrected chi connectivity index (χ2v) is 6.03. The largest absolute Gasteiger partial charge is 0.384 e. The molecule has 0 aliphatic carbocycles. The number of aliphatic hydroxyl groups excluding tert-OH is 1. The number of thioether (sulfide) groups is 1. The maximum absolute atomic E-state index is 13.5. The summed E-state index contributed by atoms with van der Waals surface area (Å²) >= 11 is 13.5. The fraction of sp³-hybridized carbons (Fsp3) is 0.125. The first-order valence-corrected chi connectivity index (χ1v) is 7.79. The molecule has 1 nitrogen and oxygen atoms in total. The standard InChI is InChI=1S/C16H11Cl2FOS/c17-13-3-4-15(18)16(9-13)21-10-12-6-11(2-1-5-20)7-14(19)8-12/h3-4,6-9,20H,5,10H2. The van der Waals surface area contributed by atoms with Gasteiger partial charge in [0.25, 0.3) is 0 Å². The highest BCUT2D eigenvalue weighted by Gasteiger charge is 2.05. The normalized spacial score (nSPS) is 10.1. The van der Waals surface area contributed by atoms with Crippen molar-refractivity contribution < 1.29 is 9.50 Å². The van der Waals surface area contributed by atoms with Gasteiger partial charge in [0.15, 0.2) is 0 Å². The Kier molecular flexibility index (Phi) is 5.96. The van der Waals surface area contributed by atoms with Gasteiger partial charge in [-0.15, -0.1) is 11.8 Å². The molecule has 0 radical (unpaired) electrons. The van der Waals surface area contributed by atoms with E-state index in [1.807, 2.05) is 0 Å². The van der Waals surface area contributed by atoms with Crippen LogP contribution in [0.5, 0.6) is 0 Å². The molecule has 0 heterocycles. The Morgan fingerprint density at radius 3 is 2.71 bits per heavy atom. The molecule has 0 atom stereocenters. The molecule has 0 saturated heterocycles. The highest BCUT2D eigenvalue weighted by Crippen LogP contribution is 2.32. The summed E-state index contributed by atoms with van der Waals surface area (Å²) in [6.45, 7) is -0.251. The molecule has 0 spiro atoms. The lowest BCUT2D eigenvalue weighted by atomic mass is 10.1. The Bertz CT molecular complexity index is 707. The summed E-state index contributed by atoms with van der Waals surface area (Å²) in [6.07, 6.45) is 0. The lowest BCUT2D eigenvalue weighted by molar-refractivity contribution is 0.350. The van der Waals surface area contributed by atoms with Gasteiger partial charge in [-0.05, 0) is 42.0 Å². The van der Waals surface area contributed by atoms with Crippen molar-refractivity contribution >= 4 is 35.0 Å². The van der Waals surface area contributed by atoms with Crippen molar-refractivity contribution in [2.24, 2.45) is 0 Å². The number of hydrogen-bond donors (Lipinski definition) is 1. The molecule has 0 saturated carbocycles. The predicted octanol–water partition coefficient (Wildman–Crippen LogP) is 4.77. The molecule has 0 amide bonds. The zero-order valence-corrected chi connectivity index (χ0v) is 13.2. The van der Waals surface area contributed by atoms with Crippen molar-refractivity contribution in [1.29, 1.82) is 0 Å². The van der Waals surface area contributed by atoms with E-state index in [0.29, 0.717) is 21.4 Å². The lowest BCUT2D eigenvalue weighted by Crippen LogP contribution is -1.88. The van der Waals surface area contributed by atoms with Crippen LogP contribution in [0.3, 0.4) is 0 Å². The number of benzene rings is 2. The molecule has 2 aromatic rings. The summed E-state index contributed by atoms with van der Waals surface area (Å²) in [4.78, 5) is 0.844. The minimum Gasteiger partial charge on any atom is -0.384 e. The van der Waals surface area contributed by atoms with E-state index in [4.69, 9.17) is 28.3 Å². The highest BCUT2D eigenvalue weighted by molar-refractivity contribution is 7.98. The third-order valence-corrected chi connectivity index (χ3v) is 4.36. The van der Waals surface area contributed by atoms with E-state index in [2.05, 4.69) is 11.8 Å². The maximum atomic E-state index is 13.5. The van der Waals surface area contributed by atoms with Crippen LogP contribution in [-0.4, -0.2) is 11.7 Å². The van der Waals surface area contributed by atoms with E-state index >= 15 is 0 Å². The fourth-order valence-corrected chi connectivity index (χ4v) is 3.12. The van der Waals surface area contributed by atoms with Gasteiger partial charge in [0.1, 0.15) is 12.4 Å². The van der Waals surface area contributed by atoms with Crippen molar-refractivity contribution in [1.82, 2.24) is 0 Å². The van der Waals surface area contributed by atoms with Crippen LogP contribution < -0.4 is 0 Å². The Morgan fingerprint density at radius 1 is 1.14 bits per heavy atom. The summed E-state index contributed by atoms with van der Waals surface area (Å²) in [6, 6.07) is 9.81. The van der Waals surface area contributed by atoms with E-state index in [1.54, 1.807) is 24.3 Å². The molecule has 0 aromatic heterocycles. The van der Waals surface area contributed by atoms with Crippen LogP contribution in [0.15, 0.2) is 41.3 Å². The Balaban J connectivity index is 2.16. The van der Waals surface area contributed by atoms with Crippen molar-refractivity contribution in [2.45, 2.75) is 10.6 Å². The Hall–Kier alpha value is -1.18. The molecule has 2 aromatic carbocycles. The van der Waals surface area contributed by atoms with E-state index in [9.17, 15) is 4.39 Å². The van der Waals surface area contributed by atoms with Crippen molar-refractivity contribution in [3.05, 3.63) is 63.4 Å².